The van der Waals surface area contributed by atoms with Gasteiger partial charge >= 0.3 is 0 Å². The molecule has 0 bridgehead atoms. The monoisotopic (exact) mass is 366 g/mol. The third-order valence-corrected chi connectivity index (χ3v) is 5.05. The van der Waals surface area contributed by atoms with E-state index in [1.807, 2.05) is 35.8 Å². The molecule has 0 saturated carbocycles. The van der Waals surface area contributed by atoms with E-state index >= 15 is 0 Å². The lowest BCUT2D eigenvalue weighted by atomic mass is 10.3. The molecular weight excluding hydrogens is 348 g/mol. The molecule has 1 aliphatic heterocycles. The van der Waals surface area contributed by atoms with Crippen LogP contribution >= 0.6 is 11.3 Å². The van der Waals surface area contributed by atoms with E-state index in [0.717, 1.165) is 32.0 Å². The van der Waals surface area contributed by atoms with Crippen LogP contribution in [0.1, 0.15) is 9.67 Å². The first kappa shape index (κ1) is 16.5. The fourth-order valence-electron chi connectivity index (χ4n) is 2.83. The second-order valence-electron chi connectivity index (χ2n) is 5.87. The predicted molar refractivity (Wildman–Crippen MR) is 103 cm³/mol. The summed E-state index contributed by atoms with van der Waals surface area (Å²) in [6.45, 7) is 3.41. The summed E-state index contributed by atoms with van der Waals surface area (Å²) in [7, 11) is 0. The zero-order valence-electron chi connectivity index (χ0n) is 14.1. The van der Waals surface area contributed by atoms with Crippen molar-refractivity contribution in [2.45, 2.75) is 0 Å². The molecule has 3 aromatic rings. The van der Waals surface area contributed by atoms with E-state index in [1.54, 1.807) is 18.5 Å². The van der Waals surface area contributed by atoms with Gasteiger partial charge in [0.1, 0.15) is 5.82 Å². The van der Waals surface area contributed by atoms with Crippen LogP contribution in [0.25, 0.3) is 0 Å². The molecule has 0 aromatic carbocycles. The molecule has 0 aliphatic carbocycles. The molecule has 4 rings (SSSR count). The number of thiophene rings is 1. The van der Waals surface area contributed by atoms with E-state index < -0.39 is 0 Å². The molecule has 1 amide bonds. The number of carbonyl (C=O) groups excluding carboxylic acids is 1. The van der Waals surface area contributed by atoms with Crippen LogP contribution in [-0.4, -0.2) is 47.0 Å². The molecular formula is C18H18N6OS. The van der Waals surface area contributed by atoms with Gasteiger partial charge in [0.15, 0.2) is 0 Å². The number of pyridine rings is 1. The van der Waals surface area contributed by atoms with Crippen molar-refractivity contribution in [2.24, 2.45) is 0 Å². The summed E-state index contributed by atoms with van der Waals surface area (Å²) in [6.07, 6.45) is 5.12. The predicted octanol–water partition coefficient (Wildman–Crippen LogP) is 2.51. The average molecular weight is 366 g/mol. The lowest BCUT2D eigenvalue weighted by molar-refractivity contribution is 0.103. The summed E-state index contributed by atoms with van der Waals surface area (Å²) in [4.78, 5) is 30.3. The van der Waals surface area contributed by atoms with Crippen LogP contribution in [0.4, 0.5) is 17.5 Å². The molecule has 1 aliphatic rings. The van der Waals surface area contributed by atoms with Crippen LogP contribution in [0.3, 0.4) is 0 Å². The number of hydrogen-bond donors (Lipinski definition) is 1. The molecule has 1 saturated heterocycles. The van der Waals surface area contributed by atoms with E-state index in [1.165, 1.54) is 11.3 Å². The first-order chi connectivity index (χ1) is 12.8. The maximum absolute atomic E-state index is 12.1. The largest absolute Gasteiger partial charge is 0.353 e. The summed E-state index contributed by atoms with van der Waals surface area (Å²) in [5, 5.41) is 4.69. The van der Waals surface area contributed by atoms with Crippen molar-refractivity contribution < 1.29 is 4.79 Å². The highest BCUT2D eigenvalue weighted by Gasteiger charge is 2.19. The lowest BCUT2D eigenvalue weighted by Crippen LogP contribution is -2.47. The minimum atomic E-state index is -0.139. The number of anilines is 3. The van der Waals surface area contributed by atoms with Gasteiger partial charge in [0.25, 0.3) is 5.91 Å². The molecule has 0 atom stereocenters. The van der Waals surface area contributed by atoms with E-state index in [9.17, 15) is 4.79 Å². The van der Waals surface area contributed by atoms with Crippen LogP contribution < -0.4 is 15.1 Å². The summed E-state index contributed by atoms with van der Waals surface area (Å²) in [5.74, 6) is 1.54. The van der Waals surface area contributed by atoms with Gasteiger partial charge in [-0.1, -0.05) is 12.1 Å². The van der Waals surface area contributed by atoms with Crippen LogP contribution in [0.5, 0.6) is 0 Å². The number of piperazine rings is 1. The van der Waals surface area contributed by atoms with Gasteiger partial charge in [-0.3, -0.25) is 4.79 Å². The number of carbonyl (C=O) groups is 1. The average Bonchev–Trinajstić information content (AvgIpc) is 3.25. The van der Waals surface area contributed by atoms with Crippen molar-refractivity contribution in [3.8, 4) is 0 Å². The van der Waals surface area contributed by atoms with Crippen molar-refractivity contribution in [3.63, 3.8) is 0 Å². The zero-order valence-corrected chi connectivity index (χ0v) is 14.9. The van der Waals surface area contributed by atoms with Crippen LogP contribution in [-0.2, 0) is 0 Å². The molecule has 0 radical (unpaired) electrons. The summed E-state index contributed by atoms with van der Waals surface area (Å²) >= 11 is 1.40. The number of nitrogens with one attached hydrogen (secondary N) is 1. The lowest BCUT2D eigenvalue weighted by Gasteiger charge is -2.35. The summed E-state index contributed by atoms with van der Waals surface area (Å²) < 4.78 is 0. The van der Waals surface area contributed by atoms with E-state index in [4.69, 9.17) is 0 Å². The fraction of sp³-hybridized carbons (Fsp3) is 0.222. The normalized spacial score (nSPS) is 14.3. The minimum Gasteiger partial charge on any atom is -0.353 e. The zero-order chi connectivity index (χ0) is 17.8. The Bertz CT molecular complexity index is 845. The van der Waals surface area contributed by atoms with E-state index in [-0.39, 0.29) is 5.91 Å². The molecule has 8 heteroatoms. The SMILES string of the molecule is O=C(Nc1cnc(N2CCN(c3ccccn3)CC2)nc1)c1cccs1. The summed E-state index contributed by atoms with van der Waals surface area (Å²) in [6, 6.07) is 9.59. The molecule has 1 fully saturated rings. The Balaban J connectivity index is 1.35. The number of aromatic nitrogens is 3. The quantitative estimate of drug-likeness (QED) is 0.765. The number of hydrogen-bond acceptors (Lipinski definition) is 7. The molecule has 26 heavy (non-hydrogen) atoms. The maximum atomic E-state index is 12.1. The molecule has 0 unspecified atom stereocenters. The molecule has 4 heterocycles. The number of amides is 1. The standard InChI is InChI=1S/C18H18N6OS/c25-17(15-4-3-11-26-15)22-14-12-20-18(21-13-14)24-9-7-23(8-10-24)16-5-1-2-6-19-16/h1-6,11-13H,7-10H2,(H,22,25). The first-order valence-corrected chi connectivity index (χ1v) is 9.25. The molecule has 132 valence electrons. The third-order valence-electron chi connectivity index (χ3n) is 4.18. The summed E-state index contributed by atoms with van der Waals surface area (Å²) in [5.41, 5.74) is 0.597. The Labute approximate surface area is 155 Å². The van der Waals surface area contributed by atoms with Gasteiger partial charge in [-0.15, -0.1) is 11.3 Å². The van der Waals surface area contributed by atoms with Crippen LogP contribution in [0.15, 0.2) is 54.3 Å². The van der Waals surface area contributed by atoms with Crippen molar-refractivity contribution >= 4 is 34.7 Å². The van der Waals surface area contributed by atoms with Gasteiger partial charge in [-0.2, -0.15) is 0 Å². The van der Waals surface area contributed by atoms with E-state index in [2.05, 4.69) is 30.1 Å². The van der Waals surface area contributed by atoms with Crippen molar-refractivity contribution in [2.75, 3.05) is 41.3 Å². The minimum absolute atomic E-state index is 0.139. The van der Waals surface area contributed by atoms with Crippen LogP contribution in [0, 0.1) is 0 Å². The van der Waals surface area contributed by atoms with Gasteiger partial charge in [-0.05, 0) is 23.6 Å². The fourth-order valence-corrected chi connectivity index (χ4v) is 3.44. The smallest absolute Gasteiger partial charge is 0.265 e. The Hall–Kier alpha value is -3.00. The van der Waals surface area contributed by atoms with Crippen molar-refractivity contribution in [1.82, 2.24) is 15.0 Å². The van der Waals surface area contributed by atoms with Gasteiger partial charge in [-0.25, -0.2) is 15.0 Å². The third kappa shape index (κ3) is 3.65. The molecule has 1 N–H and O–H groups in total. The van der Waals surface area contributed by atoms with Gasteiger partial charge in [0.2, 0.25) is 5.95 Å². The highest BCUT2D eigenvalue weighted by molar-refractivity contribution is 7.12. The highest BCUT2D eigenvalue weighted by atomic mass is 32.1. The van der Waals surface area contributed by atoms with Crippen LogP contribution in [0.2, 0.25) is 0 Å². The molecule has 3 aromatic heterocycles. The Morgan fingerprint density at radius 3 is 2.38 bits per heavy atom. The Kier molecular flexibility index (Phi) is 4.74. The first-order valence-electron chi connectivity index (χ1n) is 8.37. The van der Waals surface area contributed by atoms with Gasteiger partial charge in [0.05, 0.1) is 23.0 Å². The molecule has 0 spiro atoms. The number of rotatable bonds is 4. The Morgan fingerprint density at radius 2 is 1.73 bits per heavy atom. The molecule has 7 nitrogen and oxygen atoms in total. The van der Waals surface area contributed by atoms with Gasteiger partial charge in [0, 0.05) is 32.4 Å². The van der Waals surface area contributed by atoms with E-state index in [0.29, 0.717) is 16.5 Å². The van der Waals surface area contributed by atoms with Crippen molar-refractivity contribution in [3.05, 3.63) is 59.2 Å². The maximum Gasteiger partial charge on any atom is 0.265 e. The Morgan fingerprint density at radius 1 is 0.962 bits per heavy atom. The topological polar surface area (TPSA) is 74.2 Å². The highest BCUT2D eigenvalue weighted by Crippen LogP contribution is 2.17. The number of nitrogens with zero attached hydrogens (tertiary/aromatic N) is 5. The van der Waals surface area contributed by atoms with Gasteiger partial charge < -0.3 is 15.1 Å². The second kappa shape index (κ2) is 7.49. The van der Waals surface area contributed by atoms with Crippen molar-refractivity contribution in [1.29, 1.82) is 0 Å². The second-order valence-corrected chi connectivity index (χ2v) is 6.81.